The molecule has 16 heteroatoms. The second-order valence-corrected chi connectivity index (χ2v) is 9.70. The second-order valence-electron chi connectivity index (χ2n) is 9.36. The minimum absolute atomic E-state index is 0.0295. The number of hydrogen-bond acceptors (Lipinski definition) is 12. The van der Waals surface area contributed by atoms with Gasteiger partial charge in [-0.3, -0.25) is 9.36 Å². The molecule has 2 aliphatic rings. The number of aliphatic hydroxyl groups excluding tert-OH is 2. The molecular formula is C22H30ClN6O9. The average Bonchev–Trinajstić information content (AvgIpc) is 3.55. The van der Waals surface area contributed by atoms with Crippen molar-refractivity contribution in [3.8, 4) is 0 Å². The number of halogens is 1. The summed E-state index contributed by atoms with van der Waals surface area (Å²) in [4.78, 5) is 37.9. The van der Waals surface area contributed by atoms with E-state index in [0.717, 1.165) is 11.3 Å². The Labute approximate surface area is 222 Å². The summed E-state index contributed by atoms with van der Waals surface area (Å²) in [5.74, 6) is -0.258. The molecule has 0 bridgehead atoms. The molecule has 2 saturated heterocycles. The number of rotatable bonds is 9. The number of imidazole rings is 1. The van der Waals surface area contributed by atoms with E-state index >= 15 is 0 Å². The lowest BCUT2D eigenvalue weighted by molar-refractivity contribution is -0.153. The third-order valence-corrected chi connectivity index (χ3v) is 6.23. The molecule has 0 aliphatic carbocycles. The highest BCUT2D eigenvalue weighted by Crippen LogP contribution is 2.33. The zero-order valence-electron chi connectivity index (χ0n) is 21.0. The van der Waals surface area contributed by atoms with E-state index in [9.17, 15) is 24.9 Å². The van der Waals surface area contributed by atoms with Crippen LogP contribution in [0.1, 0.15) is 32.9 Å². The maximum Gasteiger partial charge on any atom is 0.510 e. The fraction of sp³-hybridized carbons (Fsp3) is 0.682. The summed E-state index contributed by atoms with van der Waals surface area (Å²) in [6.07, 6.45) is -6.96. The van der Waals surface area contributed by atoms with Gasteiger partial charge in [0.2, 0.25) is 17.5 Å². The lowest BCUT2D eigenvalue weighted by Gasteiger charge is -2.23. The zero-order chi connectivity index (χ0) is 27.6. The molecule has 3 N–H and O–H groups in total. The van der Waals surface area contributed by atoms with Crippen LogP contribution in [0, 0.1) is 0 Å². The molecule has 4 heterocycles. The fourth-order valence-corrected chi connectivity index (χ4v) is 4.33. The van der Waals surface area contributed by atoms with Gasteiger partial charge < -0.3 is 39.4 Å². The largest absolute Gasteiger partial charge is 0.510 e. The van der Waals surface area contributed by atoms with Gasteiger partial charge in [0, 0.05) is 20.2 Å². The highest BCUT2D eigenvalue weighted by atomic mass is 35.5. The number of likely N-dealkylation sites (N-methyl/N-ethyl adjacent to an activating group) is 1. The van der Waals surface area contributed by atoms with E-state index in [4.69, 9.17) is 25.8 Å². The Morgan fingerprint density at radius 1 is 1.29 bits per heavy atom. The molecule has 38 heavy (non-hydrogen) atoms. The fourth-order valence-electron chi connectivity index (χ4n) is 4.17. The summed E-state index contributed by atoms with van der Waals surface area (Å²) in [7, 11) is 1.39. The number of anilines is 1. The van der Waals surface area contributed by atoms with Crippen molar-refractivity contribution in [2.24, 2.45) is 0 Å². The molecule has 0 saturated carbocycles. The Kier molecular flexibility index (Phi) is 8.85. The van der Waals surface area contributed by atoms with Crippen molar-refractivity contribution in [3.05, 3.63) is 11.6 Å². The molecule has 1 unspecified atom stereocenters. The molecular weight excluding hydrogens is 528 g/mol. The molecule has 15 nitrogen and oxygen atoms in total. The molecule has 0 aromatic carbocycles. The minimum Gasteiger partial charge on any atom is -0.432 e. The standard InChI is InChI=1S/C22H30ClN6O9/c1-10(2)36-22(34)38-14(31)6-13(30)28(3)7-12-16(32)17(33)20(37-12)29-9-24-15-18(25-11-4-5-35-8-11)26-21(23)27-19(15)29/h9-12,14,16-17,20,32-33H,4-8H2,1-3H3,(H,25,26,27)/t11-,12+,14?,16+,17+,20+/m0/s1. The predicted octanol–water partition coefficient (Wildman–Crippen LogP) is 0.466. The number of fused-ring (bicyclic) bond motifs is 1. The van der Waals surface area contributed by atoms with Gasteiger partial charge in [-0.25, -0.2) is 9.78 Å². The number of aliphatic hydroxyl groups is 2. The van der Waals surface area contributed by atoms with Gasteiger partial charge in [-0.1, -0.05) is 0 Å². The molecule has 2 aliphatic heterocycles. The molecule has 209 valence electrons. The topological polar surface area (TPSA) is 190 Å². The summed E-state index contributed by atoms with van der Waals surface area (Å²) in [6.45, 7) is 4.15. The third-order valence-electron chi connectivity index (χ3n) is 6.06. The maximum absolute atomic E-state index is 12.5. The monoisotopic (exact) mass is 557 g/mol. The van der Waals surface area contributed by atoms with Crippen molar-refractivity contribution in [2.45, 2.75) is 69.7 Å². The van der Waals surface area contributed by atoms with Crippen LogP contribution in [0.3, 0.4) is 0 Å². The van der Waals surface area contributed by atoms with Crippen molar-refractivity contribution in [2.75, 3.05) is 32.1 Å². The number of amides is 1. The van der Waals surface area contributed by atoms with Gasteiger partial charge >= 0.3 is 6.16 Å². The lowest BCUT2D eigenvalue weighted by Crippen LogP contribution is -2.41. The Morgan fingerprint density at radius 2 is 2.05 bits per heavy atom. The SMILES string of the molecule is CC(C)OC(=O)OC([O])CC(=O)N(C)C[C@H]1O[C@@H](n2cnc3c(N[C@H]4CCOC4)nc(Cl)nc32)[C@H](O)[C@@H]1O. The van der Waals surface area contributed by atoms with Gasteiger partial charge in [0.25, 0.3) is 0 Å². The number of aromatic nitrogens is 4. The lowest BCUT2D eigenvalue weighted by atomic mass is 10.1. The summed E-state index contributed by atoms with van der Waals surface area (Å²) < 4.78 is 21.9. The van der Waals surface area contributed by atoms with Crippen LogP contribution in [0.25, 0.3) is 11.2 Å². The molecule has 2 aromatic heterocycles. The molecule has 1 radical (unpaired) electrons. The van der Waals surface area contributed by atoms with E-state index in [1.807, 2.05) is 0 Å². The number of nitrogens with zero attached hydrogens (tertiary/aromatic N) is 5. The number of hydrogen-bond donors (Lipinski definition) is 3. The van der Waals surface area contributed by atoms with Crippen LogP contribution >= 0.6 is 11.6 Å². The number of carbonyl (C=O) groups excluding carboxylic acids is 2. The average molecular weight is 558 g/mol. The smallest absolute Gasteiger partial charge is 0.432 e. The number of carbonyl (C=O) groups is 2. The summed E-state index contributed by atoms with van der Waals surface area (Å²) in [6, 6.07) is 0.0295. The van der Waals surface area contributed by atoms with Crippen LogP contribution in [0.2, 0.25) is 5.28 Å². The first-order chi connectivity index (χ1) is 18.0. The zero-order valence-corrected chi connectivity index (χ0v) is 21.8. The van der Waals surface area contributed by atoms with Crippen LogP contribution in [0.4, 0.5) is 10.6 Å². The Hall–Kier alpha value is -2.82. The van der Waals surface area contributed by atoms with Crippen LogP contribution in [-0.2, 0) is 28.8 Å². The van der Waals surface area contributed by atoms with Gasteiger partial charge in [0.05, 0.1) is 31.5 Å². The van der Waals surface area contributed by atoms with E-state index in [1.165, 1.54) is 17.9 Å². The first-order valence-corrected chi connectivity index (χ1v) is 12.4. The second kappa shape index (κ2) is 11.9. The maximum atomic E-state index is 12.5. The van der Waals surface area contributed by atoms with Crippen molar-refractivity contribution in [1.82, 2.24) is 24.4 Å². The Bertz CT molecular complexity index is 1140. The normalized spacial score (nSPS) is 26.1. The number of ether oxygens (including phenoxy) is 4. The van der Waals surface area contributed by atoms with Gasteiger partial charge in [0.15, 0.2) is 23.2 Å². The van der Waals surface area contributed by atoms with E-state index in [1.54, 1.807) is 13.8 Å². The molecule has 2 fully saturated rings. The van der Waals surface area contributed by atoms with E-state index < -0.39 is 55.4 Å². The molecule has 4 rings (SSSR count). The first-order valence-electron chi connectivity index (χ1n) is 12.1. The molecule has 6 atom stereocenters. The van der Waals surface area contributed by atoms with Crippen LogP contribution in [0.5, 0.6) is 0 Å². The van der Waals surface area contributed by atoms with Crippen LogP contribution in [-0.4, -0.2) is 110 Å². The van der Waals surface area contributed by atoms with Crippen molar-refractivity contribution >= 4 is 40.6 Å². The van der Waals surface area contributed by atoms with Crippen LogP contribution in [0.15, 0.2) is 6.33 Å². The van der Waals surface area contributed by atoms with Gasteiger partial charge in [-0.2, -0.15) is 15.1 Å². The Balaban J connectivity index is 1.41. The molecule has 1 amide bonds. The van der Waals surface area contributed by atoms with Gasteiger partial charge in [-0.05, 0) is 31.9 Å². The van der Waals surface area contributed by atoms with Gasteiger partial charge in [-0.15, -0.1) is 0 Å². The summed E-state index contributed by atoms with van der Waals surface area (Å²) >= 11 is 6.14. The van der Waals surface area contributed by atoms with Crippen molar-refractivity contribution in [1.29, 1.82) is 0 Å². The summed E-state index contributed by atoms with van der Waals surface area (Å²) in [5, 5.41) is 36.5. The number of nitrogens with one attached hydrogen (secondary N) is 1. The quantitative estimate of drug-likeness (QED) is 0.220. The first kappa shape index (κ1) is 28.2. The Morgan fingerprint density at radius 3 is 2.74 bits per heavy atom. The predicted molar refractivity (Wildman–Crippen MR) is 129 cm³/mol. The van der Waals surface area contributed by atoms with E-state index in [2.05, 4.69) is 25.0 Å². The minimum atomic E-state index is -1.97. The summed E-state index contributed by atoms with van der Waals surface area (Å²) in [5.41, 5.74) is 0.659. The highest BCUT2D eigenvalue weighted by Gasteiger charge is 2.45. The third kappa shape index (κ3) is 6.42. The molecule has 2 aromatic rings. The van der Waals surface area contributed by atoms with Crippen LogP contribution < -0.4 is 5.32 Å². The van der Waals surface area contributed by atoms with Crippen molar-refractivity contribution in [3.63, 3.8) is 0 Å². The molecule has 0 spiro atoms. The highest BCUT2D eigenvalue weighted by molar-refractivity contribution is 6.28. The van der Waals surface area contributed by atoms with Gasteiger partial charge in [0.1, 0.15) is 18.3 Å². The van der Waals surface area contributed by atoms with E-state index in [-0.39, 0.29) is 23.5 Å². The van der Waals surface area contributed by atoms with Crippen molar-refractivity contribution < 1.29 is 43.9 Å². The van der Waals surface area contributed by atoms with E-state index in [0.29, 0.717) is 24.5 Å².